The first-order chi connectivity index (χ1) is 8.22. The number of aldehydes is 1. The Morgan fingerprint density at radius 2 is 1.71 bits per heavy atom. The minimum Gasteiger partial charge on any atom is -0.472 e. The van der Waals surface area contributed by atoms with Gasteiger partial charge in [-0.05, 0) is 12.1 Å². The first-order valence-corrected chi connectivity index (χ1v) is 4.53. The van der Waals surface area contributed by atoms with Crippen LogP contribution in [-0.4, -0.2) is 11.2 Å². The van der Waals surface area contributed by atoms with Gasteiger partial charge in [0.1, 0.15) is 6.26 Å². The maximum atomic E-state index is 9.81. The van der Waals surface area contributed by atoms with Crippen LogP contribution in [0.4, 0.5) is 0 Å². The van der Waals surface area contributed by atoms with Gasteiger partial charge in [0.15, 0.2) is 6.29 Å². The Balaban J connectivity index is 0.000000181. The summed E-state index contributed by atoms with van der Waals surface area (Å²) in [6.07, 6.45) is 8.72. The van der Waals surface area contributed by atoms with Crippen LogP contribution in [0.5, 0.6) is 0 Å². The summed E-state index contributed by atoms with van der Waals surface area (Å²) in [6, 6.07) is 3.24. The average Bonchev–Trinajstić information content (AvgIpc) is 3.00. The predicted octanol–water partition coefficient (Wildman–Crippen LogP) is 2.62. The van der Waals surface area contributed by atoms with Gasteiger partial charge in [0.25, 0.3) is 0 Å². The largest absolute Gasteiger partial charge is 0.472 e. The van der Waals surface area contributed by atoms with E-state index in [2.05, 4.69) is 8.83 Å². The first kappa shape index (κ1) is 12.4. The normalized spacial score (nSPS) is 9.65. The molecule has 0 spiro atoms. The Bertz CT molecular complexity index is 470. The van der Waals surface area contributed by atoms with Crippen LogP contribution in [-0.2, 0) is 0 Å². The van der Waals surface area contributed by atoms with Crippen molar-refractivity contribution < 1.29 is 18.6 Å². The zero-order valence-electron chi connectivity index (χ0n) is 8.68. The van der Waals surface area contributed by atoms with Gasteiger partial charge in [-0.15, -0.1) is 0 Å². The Morgan fingerprint density at radius 3 is 2.06 bits per heavy atom. The number of rotatable bonds is 3. The third-order valence-corrected chi connectivity index (χ3v) is 1.61. The van der Waals surface area contributed by atoms with Crippen molar-refractivity contribution in [3.05, 3.63) is 64.6 Å². The van der Waals surface area contributed by atoms with E-state index in [4.69, 9.17) is 0 Å². The molecule has 6 heteroatoms. The van der Waals surface area contributed by atoms with Gasteiger partial charge in [0.2, 0.25) is 6.20 Å². The van der Waals surface area contributed by atoms with Crippen LogP contribution in [0, 0.1) is 10.1 Å². The van der Waals surface area contributed by atoms with Crippen molar-refractivity contribution in [1.29, 1.82) is 0 Å². The van der Waals surface area contributed by atoms with E-state index in [-0.39, 0.29) is 0 Å². The van der Waals surface area contributed by atoms with E-state index in [9.17, 15) is 14.9 Å². The van der Waals surface area contributed by atoms with Gasteiger partial charge in [-0.2, -0.15) is 0 Å². The molecule has 0 aliphatic rings. The third kappa shape index (κ3) is 5.12. The van der Waals surface area contributed by atoms with E-state index < -0.39 is 4.92 Å². The molecule has 2 rings (SSSR count). The maximum absolute atomic E-state index is 9.81. The summed E-state index contributed by atoms with van der Waals surface area (Å²) in [4.78, 5) is 19.1. The van der Waals surface area contributed by atoms with E-state index in [1.54, 1.807) is 12.1 Å². The minimum atomic E-state index is -0.521. The number of carbonyl (C=O) groups excluding carboxylic acids is 1. The number of nitrogens with zero attached hydrogens (tertiary/aromatic N) is 1. The van der Waals surface area contributed by atoms with Crippen molar-refractivity contribution in [2.45, 2.75) is 0 Å². The summed E-state index contributed by atoms with van der Waals surface area (Å²) in [7, 11) is 0. The average molecular weight is 235 g/mol. The highest BCUT2D eigenvalue weighted by Crippen LogP contribution is 2.01. The Hall–Kier alpha value is -2.63. The molecule has 2 aromatic heterocycles. The number of hydrogen-bond acceptors (Lipinski definition) is 5. The molecule has 0 N–H and O–H groups in total. The lowest BCUT2D eigenvalue weighted by Crippen LogP contribution is -1.80. The second kappa shape index (κ2) is 6.78. The fourth-order valence-corrected chi connectivity index (χ4v) is 0.859. The van der Waals surface area contributed by atoms with Crippen LogP contribution in [0.15, 0.2) is 52.2 Å². The lowest BCUT2D eigenvalue weighted by molar-refractivity contribution is -0.400. The van der Waals surface area contributed by atoms with Crippen molar-refractivity contribution in [2.24, 2.45) is 0 Å². The van der Waals surface area contributed by atoms with Crippen molar-refractivity contribution in [2.75, 3.05) is 0 Å². The summed E-state index contributed by atoms with van der Waals surface area (Å²) in [6.45, 7) is 0. The molecular formula is C11H9NO5. The lowest BCUT2D eigenvalue weighted by atomic mass is 10.3. The molecule has 0 aromatic carbocycles. The highest BCUT2D eigenvalue weighted by atomic mass is 16.6. The number of nitro groups is 1. The van der Waals surface area contributed by atoms with E-state index in [0.717, 1.165) is 12.5 Å². The second-order valence-corrected chi connectivity index (χ2v) is 2.83. The Kier molecular flexibility index (Phi) is 4.96. The Morgan fingerprint density at radius 1 is 1.12 bits per heavy atom. The van der Waals surface area contributed by atoms with Crippen LogP contribution in [0.3, 0.4) is 0 Å². The quantitative estimate of drug-likeness (QED) is 0.463. The molecule has 2 heterocycles. The molecule has 2 aromatic rings. The van der Waals surface area contributed by atoms with E-state index >= 15 is 0 Å². The van der Waals surface area contributed by atoms with Crippen LogP contribution in [0.1, 0.15) is 15.9 Å². The van der Waals surface area contributed by atoms with Crippen LogP contribution < -0.4 is 0 Å². The summed E-state index contributed by atoms with van der Waals surface area (Å²) in [5.41, 5.74) is 1.27. The molecule has 6 nitrogen and oxygen atoms in total. The molecule has 0 fully saturated rings. The van der Waals surface area contributed by atoms with Gasteiger partial charge in [-0.25, -0.2) is 0 Å². The summed E-state index contributed by atoms with van der Waals surface area (Å²) in [5.74, 6) is 0. The molecule has 0 amide bonds. The van der Waals surface area contributed by atoms with Crippen molar-refractivity contribution in [3.8, 4) is 0 Å². The molecule has 0 aliphatic carbocycles. The predicted molar refractivity (Wildman–Crippen MR) is 58.8 cm³/mol. The van der Waals surface area contributed by atoms with Crippen molar-refractivity contribution in [3.63, 3.8) is 0 Å². The topological polar surface area (TPSA) is 86.5 Å². The van der Waals surface area contributed by atoms with Gasteiger partial charge in [-0.3, -0.25) is 14.9 Å². The molecule has 0 atom stereocenters. The summed E-state index contributed by atoms with van der Waals surface area (Å²) >= 11 is 0. The van der Waals surface area contributed by atoms with Gasteiger partial charge < -0.3 is 8.83 Å². The molecule has 0 aliphatic heterocycles. The highest BCUT2D eigenvalue weighted by molar-refractivity contribution is 5.73. The molecule has 0 saturated carbocycles. The first-order valence-electron chi connectivity index (χ1n) is 4.53. The van der Waals surface area contributed by atoms with Crippen LogP contribution >= 0.6 is 0 Å². The monoisotopic (exact) mass is 235 g/mol. The molecule has 0 unspecified atom stereocenters. The smallest absolute Gasteiger partial charge is 0.235 e. The third-order valence-electron chi connectivity index (χ3n) is 1.61. The van der Waals surface area contributed by atoms with E-state index in [0.29, 0.717) is 11.1 Å². The minimum absolute atomic E-state index is 0.521. The van der Waals surface area contributed by atoms with Gasteiger partial charge in [0, 0.05) is 11.6 Å². The standard InChI is InChI=1S/C6H5NO3.C5H4O2/c8-7(9)3-1-6-2-4-10-5-6;6-3-5-1-2-7-4-5/h1-5H;1-4H. The molecule has 88 valence electrons. The number of hydrogen-bond donors (Lipinski definition) is 0. The molecule has 0 saturated heterocycles. The number of furan rings is 2. The molecule has 0 radical (unpaired) electrons. The molecule has 17 heavy (non-hydrogen) atoms. The fourth-order valence-electron chi connectivity index (χ4n) is 0.859. The summed E-state index contributed by atoms with van der Waals surface area (Å²) < 4.78 is 9.25. The van der Waals surface area contributed by atoms with Gasteiger partial charge in [0.05, 0.1) is 29.3 Å². The second-order valence-electron chi connectivity index (χ2n) is 2.83. The van der Waals surface area contributed by atoms with Gasteiger partial charge in [-0.1, -0.05) is 0 Å². The van der Waals surface area contributed by atoms with E-state index in [1.807, 2.05) is 0 Å². The van der Waals surface area contributed by atoms with Gasteiger partial charge >= 0.3 is 0 Å². The maximum Gasteiger partial charge on any atom is 0.235 e. The zero-order valence-corrected chi connectivity index (χ0v) is 8.68. The highest BCUT2D eigenvalue weighted by Gasteiger charge is 1.89. The van der Waals surface area contributed by atoms with E-state index in [1.165, 1.54) is 31.1 Å². The Labute approximate surface area is 96.3 Å². The van der Waals surface area contributed by atoms with Crippen LogP contribution in [0.2, 0.25) is 0 Å². The fraction of sp³-hybridized carbons (Fsp3) is 0. The summed E-state index contributed by atoms with van der Waals surface area (Å²) in [5, 5.41) is 9.78. The number of carbonyl (C=O) groups is 1. The SMILES string of the molecule is O=Cc1ccoc1.O=[N+]([O-])C=Cc1ccoc1. The lowest BCUT2D eigenvalue weighted by Gasteiger charge is -1.76. The molecular weight excluding hydrogens is 226 g/mol. The molecule has 0 bridgehead atoms. The van der Waals surface area contributed by atoms with Crippen molar-refractivity contribution >= 4 is 12.4 Å². The zero-order chi connectivity index (χ0) is 12.5. The van der Waals surface area contributed by atoms with Crippen LogP contribution in [0.25, 0.3) is 6.08 Å². The van der Waals surface area contributed by atoms with Crippen molar-refractivity contribution in [1.82, 2.24) is 0 Å².